The maximum atomic E-state index is 8.94. The molecule has 0 fully saturated rings. The summed E-state index contributed by atoms with van der Waals surface area (Å²) >= 11 is 0. The number of para-hydroxylation sites is 4. The van der Waals surface area contributed by atoms with Gasteiger partial charge >= 0.3 is 0 Å². The van der Waals surface area contributed by atoms with Crippen molar-refractivity contribution in [1.29, 1.82) is 0 Å². The van der Waals surface area contributed by atoms with E-state index in [-0.39, 0.29) is 23.0 Å². The van der Waals surface area contributed by atoms with Crippen LogP contribution in [0.5, 0.6) is 23.0 Å². The Hall–Kier alpha value is -6.02. The fourth-order valence-corrected chi connectivity index (χ4v) is 3.88. The number of benzene rings is 4. The van der Waals surface area contributed by atoms with Crippen molar-refractivity contribution in [3.05, 3.63) is 145 Å². The topological polar surface area (TPSA) is 132 Å². The zero-order chi connectivity index (χ0) is 31.3. The summed E-state index contributed by atoms with van der Waals surface area (Å²) in [5.74, 6) is 0.537. The van der Waals surface area contributed by atoms with E-state index in [4.69, 9.17) is 20.4 Å². The van der Waals surface area contributed by atoms with Gasteiger partial charge in [0, 0.05) is 35.9 Å². The van der Waals surface area contributed by atoms with Gasteiger partial charge in [-0.25, -0.2) is 9.97 Å². The fourth-order valence-electron chi connectivity index (χ4n) is 3.88. The summed E-state index contributed by atoms with van der Waals surface area (Å²) < 4.78 is 0. The molecule has 0 unspecified atom stereocenters. The Kier molecular flexibility index (Phi) is 10.7. The van der Waals surface area contributed by atoms with E-state index in [1.165, 1.54) is 35.4 Å². The Morgan fingerprint density at radius 3 is 0.886 bits per heavy atom. The number of aromatic hydroxyl groups is 4. The lowest BCUT2D eigenvalue weighted by Crippen LogP contribution is -1.85. The van der Waals surface area contributed by atoms with Crippen molar-refractivity contribution >= 4 is 22.1 Å². The Morgan fingerprint density at radius 2 is 0.636 bits per heavy atom. The summed E-state index contributed by atoms with van der Waals surface area (Å²) in [5, 5.41) is 35.8. The highest BCUT2D eigenvalue weighted by molar-refractivity contribution is 5.85. The van der Waals surface area contributed by atoms with Gasteiger partial charge in [0.15, 0.2) is 0 Å². The lowest BCUT2D eigenvalue weighted by atomic mass is 10.1. The number of hydrogen-bond acceptors (Lipinski definition) is 8. The number of rotatable bonds is 1. The molecular weight excluding hydrogens is 552 g/mol. The predicted octanol–water partition coefficient (Wildman–Crippen LogP) is 7.74. The number of aromatic nitrogens is 4. The number of phenolic OH excluding ortho intramolecular Hbond substituents is 4. The van der Waals surface area contributed by atoms with Crippen LogP contribution in [0, 0.1) is 13.8 Å². The molecule has 44 heavy (non-hydrogen) atoms. The summed E-state index contributed by atoms with van der Waals surface area (Å²) in [4.78, 5) is 16.9. The zero-order valence-electron chi connectivity index (χ0n) is 24.3. The minimum absolute atomic E-state index is 0.134. The third-order valence-corrected chi connectivity index (χ3v) is 6.49. The summed E-state index contributed by atoms with van der Waals surface area (Å²) in [6, 6.07) is 33.1. The van der Waals surface area contributed by atoms with E-state index in [0.717, 1.165) is 22.1 Å². The third-order valence-electron chi connectivity index (χ3n) is 6.49. The van der Waals surface area contributed by atoms with Gasteiger partial charge in [-0.2, -0.15) is 0 Å². The minimum Gasteiger partial charge on any atom is -0.508 e. The number of pyridine rings is 2. The van der Waals surface area contributed by atoms with Gasteiger partial charge in [-0.15, -0.1) is 0 Å². The van der Waals surface area contributed by atoms with Crippen LogP contribution < -0.4 is 0 Å². The predicted molar refractivity (Wildman–Crippen MR) is 174 cm³/mol. The van der Waals surface area contributed by atoms with Crippen molar-refractivity contribution in [3.8, 4) is 34.1 Å². The normalized spacial score (nSPS) is 9.95. The van der Waals surface area contributed by atoms with Crippen LogP contribution in [0.1, 0.15) is 11.1 Å². The van der Waals surface area contributed by atoms with E-state index >= 15 is 0 Å². The molecule has 0 saturated carbocycles. The van der Waals surface area contributed by atoms with Crippen LogP contribution in [0.4, 0.5) is 0 Å². The van der Waals surface area contributed by atoms with Gasteiger partial charge < -0.3 is 20.4 Å². The van der Waals surface area contributed by atoms with Gasteiger partial charge in [0.1, 0.15) is 23.0 Å². The molecule has 8 nitrogen and oxygen atoms in total. The number of fused-ring (bicyclic) bond motifs is 2. The lowest BCUT2D eigenvalue weighted by Gasteiger charge is -1.98. The molecule has 8 heteroatoms. The van der Waals surface area contributed by atoms with Crippen molar-refractivity contribution in [2.45, 2.75) is 13.8 Å². The molecule has 0 radical (unpaired) electrons. The third kappa shape index (κ3) is 8.50. The van der Waals surface area contributed by atoms with Crippen molar-refractivity contribution < 1.29 is 20.4 Å². The molecule has 0 aliphatic carbocycles. The first-order valence-corrected chi connectivity index (χ1v) is 13.7. The quantitative estimate of drug-likeness (QED) is 0.144. The molecule has 7 aromatic rings. The van der Waals surface area contributed by atoms with Crippen molar-refractivity contribution in [2.75, 3.05) is 0 Å². The summed E-state index contributed by atoms with van der Waals surface area (Å²) in [7, 11) is 0. The Bertz CT molecular complexity index is 1700. The Labute approximate surface area is 255 Å². The molecule has 0 aliphatic rings. The smallest absolute Gasteiger partial charge is 0.122 e. The van der Waals surface area contributed by atoms with Crippen LogP contribution >= 0.6 is 0 Å². The van der Waals surface area contributed by atoms with E-state index in [1.54, 1.807) is 50.8 Å². The van der Waals surface area contributed by atoms with E-state index in [1.807, 2.05) is 72.8 Å². The van der Waals surface area contributed by atoms with Gasteiger partial charge in [0.25, 0.3) is 0 Å². The minimum atomic E-state index is 0.134. The Morgan fingerprint density at radius 1 is 0.364 bits per heavy atom. The first-order valence-electron chi connectivity index (χ1n) is 13.7. The van der Waals surface area contributed by atoms with E-state index in [2.05, 4.69) is 19.9 Å². The summed E-state index contributed by atoms with van der Waals surface area (Å²) in [6.45, 7) is 3.31. The molecule has 0 amide bonds. The SMILES string of the molecule is Cc1c(O)cccc1O.Cc1c(O)cccc1O.c1cc(-c2ccncc2)ccn1.c1ccc2nc3ccccc3nc2c1. The van der Waals surface area contributed by atoms with Crippen LogP contribution in [0.2, 0.25) is 0 Å². The van der Waals surface area contributed by atoms with E-state index in [9.17, 15) is 0 Å². The summed E-state index contributed by atoms with van der Waals surface area (Å²) in [5.41, 5.74) is 7.20. The maximum absolute atomic E-state index is 8.94. The van der Waals surface area contributed by atoms with E-state index < -0.39 is 0 Å². The fraction of sp³-hybridized carbons (Fsp3) is 0.0556. The molecule has 3 aromatic heterocycles. The van der Waals surface area contributed by atoms with Gasteiger partial charge in [-0.3, -0.25) is 9.97 Å². The average Bonchev–Trinajstić information content (AvgIpc) is 3.07. The van der Waals surface area contributed by atoms with Crippen molar-refractivity contribution in [3.63, 3.8) is 0 Å². The molecule has 0 saturated heterocycles. The van der Waals surface area contributed by atoms with Gasteiger partial charge in [-0.05, 0) is 97.8 Å². The second-order valence-electron chi connectivity index (χ2n) is 9.52. The number of hydrogen-bond donors (Lipinski definition) is 4. The van der Waals surface area contributed by atoms with Crippen molar-refractivity contribution in [2.24, 2.45) is 0 Å². The molecule has 0 atom stereocenters. The highest BCUT2D eigenvalue weighted by Gasteiger charge is 1.99. The first kappa shape index (κ1) is 30.9. The molecule has 3 heterocycles. The second kappa shape index (κ2) is 15.3. The average molecular weight is 585 g/mol. The monoisotopic (exact) mass is 584 g/mol. The van der Waals surface area contributed by atoms with Crippen LogP contribution in [0.25, 0.3) is 33.2 Å². The van der Waals surface area contributed by atoms with Crippen LogP contribution in [0.3, 0.4) is 0 Å². The molecule has 7 rings (SSSR count). The van der Waals surface area contributed by atoms with Crippen LogP contribution in [0.15, 0.2) is 134 Å². The maximum Gasteiger partial charge on any atom is 0.122 e. The van der Waals surface area contributed by atoms with Gasteiger partial charge in [0.2, 0.25) is 0 Å². The van der Waals surface area contributed by atoms with Gasteiger partial charge in [-0.1, -0.05) is 36.4 Å². The van der Waals surface area contributed by atoms with Gasteiger partial charge in [0.05, 0.1) is 22.1 Å². The zero-order valence-corrected chi connectivity index (χ0v) is 24.3. The molecule has 0 aliphatic heterocycles. The molecule has 4 N–H and O–H groups in total. The Balaban J connectivity index is 0.000000137. The highest BCUT2D eigenvalue weighted by atomic mass is 16.3. The van der Waals surface area contributed by atoms with Crippen LogP contribution in [-0.2, 0) is 0 Å². The van der Waals surface area contributed by atoms with E-state index in [0.29, 0.717) is 11.1 Å². The molecule has 220 valence electrons. The summed E-state index contributed by atoms with van der Waals surface area (Å²) in [6.07, 6.45) is 7.15. The molecule has 0 bridgehead atoms. The number of phenols is 4. The highest BCUT2D eigenvalue weighted by Crippen LogP contribution is 2.24. The largest absolute Gasteiger partial charge is 0.508 e. The number of nitrogens with zero attached hydrogens (tertiary/aromatic N) is 4. The standard InChI is InChI=1S/C12H8N2.C10H8N2.2C7H8O2/c1-2-6-10-9(5-1)13-11-7-3-4-8-12(11)14-10;1-5-11-6-2-9(1)10-3-7-12-8-4-10;2*1-5-6(8)3-2-4-7(5)9/h1-8H;1-8H;2*2-4,8-9H,1H3. The first-order chi connectivity index (χ1) is 21.3. The molecule has 0 spiro atoms. The van der Waals surface area contributed by atoms with Crippen molar-refractivity contribution in [1.82, 2.24) is 19.9 Å². The molecule has 4 aromatic carbocycles. The van der Waals surface area contributed by atoms with Crippen LogP contribution in [-0.4, -0.2) is 40.4 Å². The molecular formula is C36H32N4O4. The lowest BCUT2D eigenvalue weighted by molar-refractivity contribution is 0.442. The second-order valence-corrected chi connectivity index (χ2v) is 9.52.